The third-order valence-corrected chi connectivity index (χ3v) is 4.71. The maximum Gasteiger partial charge on any atom is 0.408 e. The van der Waals surface area contributed by atoms with Gasteiger partial charge in [-0.2, -0.15) is 5.26 Å². The van der Waals surface area contributed by atoms with E-state index in [0.717, 1.165) is 10.5 Å². The molecule has 0 aliphatic rings. The predicted octanol–water partition coefficient (Wildman–Crippen LogP) is 3.94. The van der Waals surface area contributed by atoms with Crippen molar-refractivity contribution in [3.05, 3.63) is 65.7 Å². The third-order valence-electron chi connectivity index (χ3n) is 4.71. The highest BCUT2D eigenvalue weighted by atomic mass is 16.6. The number of anilines is 1. The zero-order chi connectivity index (χ0) is 24.6. The van der Waals surface area contributed by atoms with Crippen LogP contribution < -0.4 is 10.6 Å². The van der Waals surface area contributed by atoms with Gasteiger partial charge < -0.3 is 20.3 Å². The van der Waals surface area contributed by atoms with E-state index in [1.807, 2.05) is 25.1 Å². The SMILES string of the molecule is Cc1ccccc1NC(=O)C(c1ccccc1)N(CC#N)C(=O)C(C)NC(=O)OC(C)(C)C. The van der Waals surface area contributed by atoms with Crippen LogP contribution in [0, 0.1) is 18.3 Å². The van der Waals surface area contributed by atoms with Crippen LogP contribution in [0.15, 0.2) is 54.6 Å². The smallest absolute Gasteiger partial charge is 0.408 e. The Labute approximate surface area is 194 Å². The topological polar surface area (TPSA) is 112 Å². The van der Waals surface area contributed by atoms with Gasteiger partial charge in [-0.1, -0.05) is 48.5 Å². The van der Waals surface area contributed by atoms with Gasteiger partial charge in [0.05, 0.1) is 6.07 Å². The summed E-state index contributed by atoms with van der Waals surface area (Å²) in [4.78, 5) is 40.0. The van der Waals surface area contributed by atoms with E-state index in [1.165, 1.54) is 6.92 Å². The van der Waals surface area contributed by atoms with Gasteiger partial charge in [0, 0.05) is 5.69 Å². The second-order valence-electron chi connectivity index (χ2n) is 8.61. The van der Waals surface area contributed by atoms with Gasteiger partial charge in [0.1, 0.15) is 24.2 Å². The van der Waals surface area contributed by atoms with Gasteiger partial charge in [-0.3, -0.25) is 9.59 Å². The average Bonchev–Trinajstić information content (AvgIpc) is 2.74. The van der Waals surface area contributed by atoms with Crippen LogP contribution in [0.1, 0.15) is 44.9 Å². The number of para-hydroxylation sites is 1. The number of aryl methyl sites for hydroxylation is 1. The zero-order valence-electron chi connectivity index (χ0n) is 19.6. The summed E-state index contributed by atoms with van der Waals surface area (Å²) in [6.45, 7) is 8.13. The van der Waals surface area contributed by atoms with E-state index in [0.29, 0.717) is 11.3 Å². The maximum absolute atomic E-state index is 13.4. The Balaban J connectivity index is 2.36. The molecule has 2 rings (SSSR count). The highest BCUT2D eigenvalue weighted by molar-refractivity contribution is 5.99. The molecule has 174 valence electrons. The highest BCUT2D eigenvalue weighted by Crippen LogP contribution is 2.25. The van der Waals surface area contributed by atoms with Gasteiger partial charge in [0.15, 0.2) is 0 Å². The molecule has 0 saturated heterocycles. The van der Waals surface area contributed by atoms with Crippen molar-refractivity contribution in [2.75, 3.05) is 11.9 Å². The first-order chi connectivity index (χ1) is 15.5. The fraction of sp³-hybridized carbons (Fsp3) is 0.360. The molecule has 0 radical (unpaired) electrons. The van der Waals surface area contributed by atoms with Gasteiger partial charge in [0.25, 0.3) is 5.91 Å². The van der Waals surface area contributed by atoms with Gasteiger partial charge in [-0.25, -0.2) is 4.79 Å². The van der Waals surface area contributed by atoms with E-state index < -0.39 is 35.6 Å². The van der Waals surface area contributed by atoms with Gasteiger partial charge in [-0.05, 0) is 51.8 Å². The van der Waals surface area contributed by atoms with Crippen LogP contribution in [0.4, 0.5) is 10.5 Å². The summed E-state index contributed by atoms with van der Waals surface area (Å²) in [7, 11) is 0. The Morgan fingerprint density at radius 1 is 1.06 bits per heavy atom. The quantitative estimate of drug-likeness (QED) is 0.621. The molecular formula is C25H30N4O4. The number of hydrogen-bond acceptors (Lipinski definition) is 5. The summed E-state index contributed by atoms with van der Waals surface area (Å²) in [5, 5.41) is 14.8. The number of alkyl carbamates (subject to hydrolysis) is 1. The predicted molar refractivity (Wildman–Crippen MR) is 125 cm³/mol. The minimum Gasteiger partial charge on any atom is -0.444 e. The Morgan fingerprint density at radius 2 is 1.67 bits per heavy atom. The summed E-state index contributed by atoms with van der Waals surface area (Å²) >= 11 is 0. The van der Waals surface area contributed by atoms with E-state index in [1.54, 1.807) is 63.2 Å². The van der Waals surface area contributed by atoms with Gasteiger partial charge in [-0.15, -0.1) is 0 Å². The zero-order valence-corrected chi connectivity index (χ0v) is 19.6. The number of hydrogen-bond donors (Lipinski definition) is 2. The van der Waals surface area contributed by atoms with Crippen molar-refractivity contribution in [1.29, 1.82) is 5.26 Å². The standard InChI is InChI=1S/C25H30N4O4/c1-17-11-9-10-14-20(17)28-22(30)21(19-12-7-6-8-13-19)29(16-15-26)23(31)18(2)27-24(32)33-25(3,4)5/h6-14,18,21H,16H2,1-5H3,(H,27,32)(H,28,30). The number of rotatable bonds is 7. The molecule has 0 aliphatic heterocycles. The molecule has 0 bridgehead atoms. The van der Waals surface area contributed by atoms with E-state index in [2.05, 4.69) is 10.6 Å². The number of benzene rings is 2. The highest BCUT2D eigenvalue weighted by Gasteiger charge is 2.34. The first-order valence-electron chi connectivity index (χ1n) is 10.6. The van der Waals surface area contributed by atoms with E-state index in [9.17, 15) is 19.6 Å². The number of nitrogens with one attached hydrogen (secondary N) is 2. The van der Waals surface area contributed by atoms with Crippen molar-refractivity contribution in [3.63, 3.8) is 0 Å². The molecule has 2 N–H and O–H groups in total. The number of carbonyl (C=O) groups is 3. The first-order valence-corrected chi connectivity index (χ1v) is 10.6. The molecule has 0 spiro atoms. The Morgan fingerprint density at radius 3 is 2.24 bits per heavy atom. The number of nitriles is 1. The molecule has 0 aliphatic carbocycles. The van der Waals surface area contributed by atoms with Crippen molar-refractivity contribution in [2.24, 2.45) is 0 Å². The molecule has 2 unspecified atom stereocenters. The molecule has 0 fully saturated rings. The minimum atomic E-state index is -1.08. The number of carbonyl (C=O) groups excluding carboxylic acids is 3. The molecule has 33 heavy (non-hydrogen) atoms. The normalized spacial score (nSPS) is 12.6. The number of ether oxygens (including phenoxy) is 1. The summed E-state index contributed by atoms with van der Waals surface area (Å²) in [6.07, 6.45) is -0.763. The molecule has 2 aromatic carbocycles. The third kappa shape index (κ3) is 7.35. The van der Waals surface area contributed by atoms with Gasteiger partial charge >= 0.3 is 6.09 Å². The summed E-state index contributed by atoms with van der Waals surface area (Å²) in [5.74, 6) is -1.06. The first kappa shape index (κ1) is 25.4. The van der Waals surface area contributed by atoms with Crippen molar-refractivity contribution in [3.8, 4) is 6.07 Å². The molecule has 0 aromatic heterocycles. The van der Waals surface area contributed by atoms with Crippen LogP contribution in [0.25, 0.3) is 0 Å². The Hall–Kier alpha value is -3.86. The Bertz CT molecular complexity index is 1020. The number of amides is 3. The fourth-order valence-corrected chi connectivity index (χ4v) is 3.19. The van der Waals surface area contributed by atoms with E-state index >= 15 is 0 Å². The molecule has 8 nitrogen and oxygen atoms in total. The molecule has 0 saturated carbocycles. The summed E-state index contributed by atoms with van der Waals surface area (Å²) < 4.78 is 5.22. The van der Waals surface area contributed by atoms with Crippen molar-refractivity contribution in [1.82, 2.24) is 10.2 Å². The maximum atomic E-state index is 13.4. The average molecular weight is 451 g/mol. The lowest BCUT2D eigenvalue weighted by Crippen LogP contribution is -2.51. The molecule has 2 aromatic rings. The minimum absolute atomic E-state index is 0.347. The second-order valence-corrected chi connectivity index (χ2v) is 8.61. The fourth-order valence-electron chi connectivity index (χ4n) is 3.19. The van der Waals surface area contributed by atoms with E-state index in [-0.39, 0.29) is 6.54 Å². The lowest BCUT2D eigenvalue weighted by Gasteiger charge is -2.32. The van der Waals surface area contributed by atoms with Crippen molar-refractivity contribution in [2.45, 2.75) is 52.3 Å². The molecular weight excluding hydrogens is 420 g/mol. The van der Waals surface area contributed by atoms with Crippen molar-refractivity contribution >= 4 is 23.6 Å². The lowest BCUT2D eigenvalue weighted by atomic mass is 10.0. The van der Waals surface area contributed by atoms with Crippen LogP contribution in [-0.2, 0) is 14.3 Å². The van der Waals surface area contributed by atoms with Gasteiger partial charge in [0.2, 0.25) is 5.91 Å². The van der Waals surface area contributed by atoms with Crippen LogP contribution in [0.5, 0.6) is 0 Å². The van der Waals surface area contributed by atoms with Crippen molar-refractivity contribution < 1.29 is 19.1 Å². The summed E-state index contributed by atoms with van der Waals surface area (Å²) in [6, 6.07) is 15.9. The monoisotopic (exact) mass is 450 g/mol. The summed E-state index contributed by atoms with van der Waals surface area (Å²) in [5.41, 5.74) is 1.26. The largest absolute Gasteiger partial charge is 0.444 e. The van der Waals surface area contributed by atoms with Crippen LogP contribution >= 0.6 is 0 Å². The molecule has 3 amide bonds. The second kappa shape index (κ2) is 11.1. The van der Waals surface area contributed by atoms with E-state index in [4.69, 9.17) is 4.74 Å². The van der Waals surface area contributed by atoms with Crippen LogP contribution in [0.2, 0.25) is 0 Å². The molecule has 2 atom stereocenters. The molecule has 0 heterocycles. The number of nitrogens with zero attached hydrogens (tertiary/aromatic N) is 2. The lowest BCUT2D eigenvalue weighted by molar-refractivity contribution is -0.139. The van der Waals surface area contributed by atoms with Crippen LogP contribution in [0.3, 0.4) is 0 Å². The Kier molecular flexibility index (Phi) is 8.57. The molecule has 8 heteroatoms. The van der Waals surface area contributed by atoms with Crippen LogP contribution in [-0.4, -0.2) is 41.0 Å².